The summed E-state index contributed by atoms with van der Waals surface area (Å²) in [6.45, 7) is 5.89. The first-order chi connectivity index (χ1) is 12.3. The highest BCUT2D eigenvalue weighted by molar-refractivity contribution is 7.10. The minimum absolute atomic E-state index is 0.515. The summed E-state index contributed by atoms with van der Waals surface area (Å²) >= 11 is 3.64. The number of hydrogen-bond acceptors (Lipinski definition) is 4. The van der Waals surface area contributed by atoms with Crippen LogP contribution in [0.3, 0.4) is 0 Å². The van der Waals surface area contributed by atoms with E-state index in [0.717, 1.165) is 25.6 Å². The molecule has 2 aromatic heterocycles. The fraction of sp³-hybridized carbons (Fsp3) is 0.526. The van der Waals surface area contributed by atoms with Gasteiger partial charge in [0.1, 0.15) is 0 Å². The second kappa shape index (κ2) is 9.36. The minimum atomic E-state index is 0.515. The molecule has 2 aromatic rings. The summed E-state index contributed by atoms with van der Waals surface area (Å²) in [6, 6.07) is 9.18. The smallest absolute Gasteiger partial charge is 0.191 e. The molecule has 6 heteroatoms. The van der Waals surface area contributed by atoms with Crippen molar-refractivity contribution in [3.05, 3.63) is 44.8 Å². The van der Waals surface area contributed by atoms with Gasteiger partial charge in [0.05, 0.1) is 6.54 Å². The molecular formula is C19H28N4S2. The molecule has 0 spiro atoms. The molecule has 25 heavy (non-hydrogen) atoms. The Balaban J connectivity index is 1.63. The SMILES string of the molecule is CCNC(=NCc1cccs1)NCC1CCCN(C)C1c1cccs1. The lowest BCUT2D eigenvalue weighted by Gasteiger charge is -2.39. The van der Waals surface area contributed by atoms with Crippen molar-refractivity contribution < 1.29 is 0 Å². The van der Waals surface area contributed by atoms with Gasteiger partial charge in [-0.05, 0) is 62.2 Å². The van der Waals surface area contributed by atoms with Crippen molar-refractivity contribution >= 4 is 28.6 Å². The highest BCUT2D eigenvalue weighted by Gasteiger charge is 2.31. The predicted octanol–water partition coefficient (Wildman–Crippen LogP) is 3.95. The van der Waals surface area contributed by atoms with E-state index in [4.69, 9.17) is 4.99 Å². The Morgan fingerprint density at radius 2 is 2.08 bits per heavy atom. The highest BCUT2D eigenvalue weighted by Crippen LogP contribution is 2.36. The molecule has 1 aliphatic rings. The van der Waals surface area contributed by atoms with Gasteiger partial charge in [-0.3, -0.25) is 4.90 Å². The molecule has 4 nitrogen and oxygen atoms in total. The quantitative estimate of drug-likeness (QED) is 0.592. The molecule has 0 bridgehead atoms. The Morgan fingerprint density at radius 3 is 2.80 bits per heavy atom. The largest absolute Gasteiger partial charge is 0.357 e. The average Bonchev–Trinajstić information content (AvgIpc) is 3.31. The zero-order valence-electron chi connectivity index (χ0n) is 15.1. The van der Waals surface area contributed by atoms with Crippen LogP contribution in [0.1, 0.15) is 35.6 Å². The molecule has 3 heterocycles. The molecule has 0 aromatic carbocycles. The average molecular weight is 377 g/mol. The Hall–Kier alpha value is -1.37. The van der Waals surface area contributed by atoms with Gasteiger partial charge in [0.15, 0.2) is 5.96 Å². The van der Waals surface area contributed by atoms with Crippen molar-refractivity contribution in [1.82, 2.24) is 15.5 Å². The monoisotopic (exact) mass is 376 g/mol. The number of guanidine groups is 1. The second-order valence-corrected chi connectivity index (χ2v) is 8.51. The van der Waals surface area contributed by atoms with Crippen molar-refractivity contribution in [2.24, 2.45) is 10.9 Å². The van der Waals surface area contributed by atoms with Crippen LogP contribution in [0.5, 0.6) is 0 Å². The molecule has 2 unspecified atom stereocenters. The third-order valence-corrected chi connectivity index (χ3v) is 6.49. The van der Waals surface area contributed by atoms with E-state index in [2.05, 4.69) is 64.5 Å². The van der Waals surface area contributed by atoms with E-state index in [9.17, 15) is 0 Å². The van der Waals surface area contributed by atoms with E-state index in [-0.39, 0.29) is 0 Å². The maximum Gasteiger partial charge on any atom is 0.191 e. The van der Waals surface area contributed by atoms with Crippen LogP contribution in [0.2, 0.25) is 0 Å². The minimum Gasteiger partial charge on any atom is -0.357 e. The third-order valence-electron chi connectivity index (χ3n) is 4.69. The maximum atomic E-state index is 4.74. The molecule has 1 aliphatic heterocycles. The summed E-state index contributed by atoms with van der Waals surface area (Å²) in [5, 5.41) is 11.3. The molecule has 0 amide bonds. The molecule has 1 fully saturated rings. The van der Waals surface area contributed by atoms with Crippen LogP contribution in [0.25, 0.3) is 0 Å². The Labute approximate surface area is 159 Å². The van der Waals surface area contributed by atoms with Gasteiger partial charge in [0.25, 0.3) is 0 Å². The van der Waals surface area contributed by atoms with E-state index in [0.29, 0.717) is 12.0 Å². The summed E-state index contributed by atoms with van der Waals surface area (Å²) in [5.41, 5.74) is 0. The molecule has 136 valence electrons. The highest BCUT2D eigenvalue weighted by atomic mass is 32.1. The first kappa shape index (κ1) is 18.4. The molecule has 1 saturated heterocycles. The Kier molecular flexibility index (Phi) is 6.90. The molecule has 2 atom stereocenters. The van der Waals surface area contributed by atoms with E-state index in [1.54, 1.807) is 11.3 Å². The summed E-state index contributed by atoms with van der Waals surface area (Å²) in [5.74, 6) is 1.54. The van der Waals surface area contributed by atoms with Crippen molar-refractivity contribution in [2.75, 3.05) is 26.7 Å². The Morgan fingerprint density at radius 1 is 1.24 bits per heavy atom. The molecule has 0 radical (unpaired) electrons. The lowest BCUT2D eigenvalue weighted by molar-refractivity contribution is 0.125. The number of thiophene rings is 2. The normalized spacial score (nSPS) is 22.1. The number of rotatable bonds is 6. The van der Waals surface area contributed by atoms with E-state index < -0.39 is 0 Å². The predicted molar refractivity (Wildman–Crippen MR) is 110 cm³/mol. The van der Waals surface area contributed by atoms with Crippen LogP contribution in [-0.2, 0) is 6.54 Å². The topological polar surface area (TPSA) is 39.7 Å². The molecule has 0 saturated carbocycles. The molecule has 2 N–H and O–H groups in total. The lowest BCUT2D eigenvalue weighted by Crippen LogP contribution is -2.44. The number of likely N-dealkylation sites (tertiary alicyclic amines) is 1. The lowest BCUT2D eigenvalue weighted by atomic mass is 9.88. The van der Waals surface area contributed by atoms with E-state index in [1.807, 2.05) is 11.3 Å². The van der Waals surface area contributed by atoms with Crippen LogP contribution in [0.4, 0.5) is 0 Å². The fourth-order valence-electron chi connectivity index (χ4n) is 3.51. The zero-order chi connectivity index (χ0) is 17.5. The van der Waals surface area contributed by atoms with Gasteiger partial charge >= 0.3 is 0 Å². The van der Waals surface area contributed by atoms with Gasteiger partial charge in [-0.25, -0.2) is 4.99 Å². The summed E-state index contributed by atoms with van der Waals surface area (Å²) < 4.78 is 0. The van der Waals surface area contributed by atoms with Gasteiger partial charge in [0, 0.05) is 28.9 Å². The number of piperidine rings is 1. The number of nitrogens with one attached hydrogen (secondary N) is 2. The van der Waals surface area contributed by atoms with E-state index in [1.165, 1.54) is 29.1 Å². The fourth-order valence-corrected chi connectivity index (χ4v) is 5.12. The summed E-state index contributed by atoms with van der Waals surface area (Å²) in [4.78, 5) is 10.0. The van der Waals surface area contributed by atoms with Crippen molar-refractivity contribution in [3.63, 3.8) is 0 Å². The van der Waals surface area contributed by atoms with Gasteiger partial charge in [-0.2, -0.15) is 0 Å². The van der Waals surface area contributed by atoms with Crippen molar-refractivity contribution in [3.8, 4) is 0 Å². The van der Waals surface area contributed by atoms with Crippen LogP contribution < -0.4 is 10.6 Å². The number of nitrogens with zero attached hydrogens (tertiary/aromatic N) is 2. The molecular weight excluding hydrogens is 348 g/mol. The summed E-state index contributed by atoms with van der Waals surface area (Å²) in [7, 11) is 2.26. The van der Waals surface area contributed by atoms with Gasteiger partial charge in [-0.15, -0.1) is 22.7 Å². The van der Waals surface area contributed by atoms with Gasteiger partial charge in [0.2, 0.25) is 0 Å². The maximum absolute atomic E-state index is 4.74. The zero-order valence-corrected chi connectivity index (χ0v) is 16.7. The van der Waals surface area contributed by atoms with Crippen molar-refractivity contribution in [1.29, 1.82) is 0 Å². The summed E-state index contributed by atoms with van der Waals surface area (Å²) in [6.07, 6.45) is 2.54. The van der Waals surface area contributed by atoms with Crippen molar-refractivity contribution in [2.45, 2.75) is 32.4 Å². The molecule has 0 aliphatic carbocycles. The van der Waals surface area contributed by atoms with Crippen LogP contribution in [0, 0.1) is 5.92 Å². The third kappa shape index (κ3) is 5.06. The van der Waals surface area contributed by atoms with Crippen LogP contribution in [-0.4, -0.2) is 37.5 Å². The second-order valence-electron chi connectivity index (χ2n) is 6.50. The number of hydrogen-bond donors (Lipinski definition) is 2. The van der Waals surface area contributed by atoms with Crippen LogP contribution >= 0.6 is 22.7 Å². The van der Waals surface area contributed by atoms with Gasteiger partial charge in [-0.1, -0.05) is 12.1 Å². The first-order valence-electron chi connectivity index (χ1n) is 9.06. The standard InChI is InChI=1S/C19H28N4S2/c1-3-20-19(22-14-16-8-5-11-24-16)21-13-15-7-4-10-23(2)18(15)17-9-6-12-25-17/h5-6,8-9,11-12,15,18H,3-4,7,10,13-14H2,1-2H3,(H2,20,21,22). The first-order valence-corrected chi connectivity index (χ1v) is 10.8. The molecule has 3 rings (SSSR count). The van der Waals surface area contributed by atoms with E-state index >= 15 is 0 Å². The van der Waals surface area contributed by atoms with Crippen LogP contribution in [0.15, 0.2) is 40.0 Å². The number of aliphatic imine (C=N–C) groups is 1. The van der Waals surface area contributed by atoms with Gasteiger partial charge < -0.3 is 10.6 Å². The Bertz CT molecular complexity index is 636.